The van der Waals surface area contributed by atoms with Crippen LogP contribution < -0.4 is 10.6 Å². The highest BCUT2D eigenvalue weighted by atomic mass is 32.2. The lowest BCUT2D eigenvalue weighted by atomic mass is 10.1. The summed E-state index contributed by atoms with van der Waals surface area (Å²) in [4.78, 5) is 24.9. The molecular weight excluding hydrogens is 320 g/mol. The molecule has 0 spiro atoms. The quantitative estimate of drug-likeness (QED) is 0.876. The van der Waals surface area contributed by atoms with Crippen LogP contribution in [-0.2, 0) is 11.2 Å². The van der Waals surface area contributed by atoms with Crippen molar-refractivity contribution in [2.45, 2.75) is 30.7 Å². The van der Waals surface area contributed by atoms with Gasteiger partial charge >= 0.3 is 0 Å². The predicted molar refractivity (Wildman–Crippen MR) is 97.5 cm³/mol. The first-order chi connectivity index (χ1) is 11.6. The number of carbonyl (C=O) groups excluding carboxylic acids is 2. The molecule has 0 bridgehead atoms. The van der Waals surface area contributed by atoms with Crippen molar-refractivity contribution in [2.75, 3.05) is 11.1 Å². The Morgan fingerprint density at radius 3 is 2.83 bits per heavy atom. The van der Waals surface area contributed by atoms with Crippen LogP contribution in [0, 0.1) is 0 Å². The largest absolute Gasteiger partial charge is 0.350 e. The summed E-state index contributed by atoms with van der Waals surface area (Å²) >= 11 is 1.49. The number of anilines is 1. The summed E-state index contributed by atoms with van der Waals surface area (Å²) in [5.74, 6) is 0.291. The van der Waals surface area contributed by atoms with Gasteiger partial charge in [-0.1, -0.05) is 30.3 Å². The van der Waals surface area contributed by atoms with Crippen LogP contribution >= 0.6 is 11.8 Å². The van der Waals surface area contributed by atoms with Crippen molar-refractivity contribution < 1.29 is 9.59 Å². The molecule has 2 N–H and O–H groups in total. The van der Waals surface area contributed by atoms with Crippen LogP contribution in [0.5, 0.6) is 0 Å². The second kappa shape index (κ2) is 7.53. The highest BCUT2D eigenvalue weighted by Crippen LogP contribution is 2.31. The SMILES string of the molecule is CC(CCc1ccccc1)NC(=O)c1ccc2c(c1)NC(=O)CS2. The fourth-order valence-corrected chi connectivity index (χ4v) is 3.42. The molecule has 1 aliphatic heterocycles. The summed E-state index contributed by atoms with van der Waals surface area (Å²) < 4.78 is 0. The average molecular weight is 340 g/mol. The highest BCUT2D eigenvalue weighted by Gasteiger charge is 2.18. The van der Waals surface area contributed by atoms with Crippen molar-refractivity contribution in [2.24, 2.45) is 0 Å². The van der Waals surface area contributed by atoms with Crippen molar-refractivity contribution in [1.82, 2.24) is 5.32 Å². The molecule has 1 heterocycles. The van der Waals surface area contributed by atoms with E-state index in [9.17, 15) is 9.59 Å². The average Bonchev–Trinajstić information content (AvgIpc) is 2.60. The van der Waals surface area contributed by atoms with Gasteiger partial charge in [-0.15, -0.1) is 11.8 Å². The number of benzene rings is 2. The number of hydrogen-bond donors (Lipinski definition) is 2. The summed E-state index contributed by atoms with van der Waals surface area (Å²) in [6.07, 6.45) is 1.81. The number of fused-ring (bicyclic) bond motifs is 1. The predicted octanol–water partition coefficient (Wildman–Crippen LogP) is 3.48. The zero-order valence-corrected chi connectivity index (χ0v) is 14.4. The van der Waals surface area contributed by atoms with Gasteiger partial charge in [-0.05, 0) is 43.5 Å². The first-order valence-electron chi connectivity index (χ1n) is 8.03. The standard InChI is InChI=1S/C19H20N2O2S/c1-13(7-8-14-5-3-2-4-6-14)20-19(23)15-9-10-17-16(11-15)21-18(22)12-24-17/h2-6,9-11,13H,7-8,12H2,1H3,(H,20,23)(H,21,22). The first-order valence-corrected chi connectivity index (χ1v) is 9.02. The Morgan fingerprint density at radius 2 is 2.04 bits per heavy atom. The molecule has 4 nitrogen and oxygen atoms in total. The molecule has 0 aromatic heterocycles. The first kappa shape index (κ1) is 16.6. The number of hydrogen-bond acceptors (Lipinski definition) is 3. The van der Waals surface area contributed by atoms with Crippen LogP contribution in [0.2, 0.25) is 0 Å². The summed E-state index contributed by atoms with van der Waals surface area (Å²) in [6.45, 7) is 2.01. The molecule has 2 aromatic rings. The lowest BCUT2D eigenvalue weighted by Crippen LogP contribution is -2.33. The van der Waals surface area contributed by atoms with E-state index in [1.165, 1.54) is 17.3 Å². The van der Waals surface area contributed by atoms with Crippen LogP contribution in [0.15, 0.2) is 53.4 Å². The van der Waals surface area contributed by atoms with Gasteiger partial charge < -0.3 is 10.6 Å². The highest BCUT2D eigenvalue weighted by molar-refractivity contribution is 8.00. The minimum Gasteiger partial charge on any atom is -0.350 e. The van der Waals surface area contributed by atoms with Gasteiger partial charge in [0.05, 0.1) is 11.4 Å². The van der Waals surface area contributed by atoms with Crippen LogP contribution in [0.3, 0.4) is 0 Å². The summed E-state index contributed by atoms with van der Waals surface area (Å²) in [6, 6.07) is 15.8. The van der Waals surface area contributed by atoms with Gasteiger partial charge in [-0.25, -0.2) is 0 Å². The number of nitrogens with one attached hydrogen (secondary N) is 2. The van der Waals surface area contributed by atoms with Crippen LogP contribution in [0.4, 0.5) is 5.69 Å². The zero-order chi connectivity index (χ0) is 16.9. The Labute approximate surface area is 146 Å². The smallest absolute Gasteiger partial charge is 0.251 e. The van der Waals surface area contributed by atoms with Gasteiger partial charge in [0.25, 0.3) is 5.91 Å². The Morgan fingerprint density at radius 1 is 1.25 bits per heavy atom. The van der Waals surface area contributed by atoms with E-state index in [0.29, 0.717) is 11.3 Å². The minimum absolute atomic E-state index is 0.0266. The number of carbonyl (C=O) groups is 2. The van der Waals surface area contributed by atoms with Gasteiger partial charge in [0.1, 0.15) is 0 Å². The van der Waals surface area contributed by atoms with E-state index in [4.69, 9.17) is 0 Å². The Bertz CT molecular complexity index is 746. The summed E-state index contributed by atoms with van der Waals surface area (Å²) in [7, 11) is 0. The van der Waals surface area contributed by atoms with Gasteiger partial charge in [-0.3, -0.25) is 9.59 Å². The van der Waals surface area contributed by atoms with Crippen molar-refractivity contribution in [3.8, 4) is 0 Å². The van der Waals surface area contributed by atoms with Crippen LogP contribution in [0.25, 0.3) is 0 Å². The summed E-state index contributed by atoms with van der Waals surface area (Å²) in [5.41, 5.74) is 2.57. The van der Waals surface area contributed by atoms with Gasteiger partial charge in [0.15, 0.2) is 0 Å². The Hall–Kier alpha value is -2.27. The van der Waals surface area contributed by atoms with Crippen LogP contribution in [0.1, 0.15) is 29.3 Å². The number of rotatable bonds is 5. The third kappa shape index (κ3) is 4.17. The van der Waals surface area contributed by atoms with Gasteiger partial charge in [-0.2, -0.15) is 0 Å². The zero-order valence-electron chi connectivity index (χ0n) is 13.5. The van der Waals surface area contributed by atoms with Gasteiger partial charge in [0.2, 0.25) is 5.91 Å². The summed E-state index contributed by atoms with van der Waals surface area (Å²) in [5, 5.41) is 5.84. The molecule has 0 radical (unpaired) electrons. The topological polar surface area (TPSA) is 58.2 Å². The molecule has 5 heteroatoms. The molecule has 2 aromatic carbocycles. The second-order valence-corrected chi connectivity index (χ2v) is 6.96. The molecule has 0 saturated carbocycles. The van der Waals surface area contributed by atoms with E-state index < -0.39 is 0 Å². The van der Waals surface area contributed by atoms with Crippen molar-refractivity contribution in [1.29, 1.82) is 0 Å². The molecule has 3 rings (SSSR count). The molecular formula is C19H20N2O2S. The lowest BCUT2D eigenvalue weighted by Gasteiger charge is -2.18. The molecule has 1 aliphatic rings. The Balaban J connectivity index is 1.58. The molecule has 1 atom stereocenters. The fourth-order valence-electron chi connectivity index (χ4n) is 2.63. The monoisotopic (exact) mass is 340 g/mol. The lowest BCUT2D eigenvalue weighted by molar-refractivity contribution is -0.113. The molecule has 24 heavy (non-hydrogen) atoms. The van der Waals surface area contributed by atoms with Crippen molar-refractivity contribution >= 4 is 29.3 Å². The van der Waals surface area contributed by atoms with E-state index in [0.717, 1.165) is 23.4 Å². The molecule has 2 amide bonds. The minimum atomic E-state index is -0.108. The molecule has 0 fully saturated rings. The Kier molecular flexibility index (Phi) is 5.20. The molecule has 124 valence electrons. The van der Waals surface area contributed by atoms with Crippen LogP contribution in [-0.4, -0.2) is 23.6 Å². The number of amides is 2. The van der Waals surface area contributed by atoms with E-state index in [1.807, 2.05) is 37.3 Å². The maximum Gasteiger partial charge on any atom is 0.251 e. The van der Waals surface area contributed by atoms with E-state index in [-0.39, 0.29) is 17.9 Å². The maximum atomic E-state index is 12.4. The fraction of sp³-hybridized carbons (Fsp3) is 0.263. The molecule has 0 aliphatic carbocycles. The third-order valence-corrected chi connectivity index (χ3v) is 5.03. The van der Waals surface area contributed by atoms with Gasteiger partial charge in [0, 0.05) is 16.5 Å². The van der Waals surface area contributed by atoms with E-state index >= 15 is 0 Å². The second-order valence-electron chi connectivity index (χ2n) is 5.95. The number of thioether (sulfide) groups is 1. The van der Waals surface area contributed by atoms with Crippen molar-refractivity contribution in [3.05, 3.63) is 59.7 Å². The van der Waals surface area contributed by atoms with E-state index in [1.54, 1.807) is 6.07 Å². The number of aryl methyl sites for hydroxylation is 1. The van der Waals surface area contributed by atoms with E-state index in [2.05, 4.69) is 22.8 Å². The molecule has 1 unspecified atom stereocenters. The third-order valence-electron chi connectivity index (χ3n) is 3.96. The normalized spacial score (nSPS) is 14.5. The maximum absolute atomic E-state index is 12.4. The van der Waals surface area contributed by atoms with Crippen molar-refractivity contribution in [3.63, 3.8) is 0 Å². The molecule has 0 saturated heterocycles.